The van der Waals surface area contributed by atoms with Crippen molar-refractivity contribution in [3.05, 3.63) is 60.8 Å². The minimum absolute atomic E-state index is 0.140. The van der Waals surface area contributed by atoms with E-state index in [0.29, 0.717) is 19.3 Å². The molecule has 2 rings (SSSR count). The Labute approximate surface area is 445 Å². The summed E-state index contributed by atoms with van der Waals surface area (Å²) in [5, 5.41) is 72.3. The monoisotopic (exact) mass is 1050 g/mol. The number of unbranched alkanes of at least 4 members (excludes halogenated alkanes) is 21. The zero-order valence-corrected chi connectivity index (χ0v) is 45.6. The van der Waals surface area contributed by atoms with Crippen molar-refractivity contribution >= 4 is 11.9 Å². The molecule has 0 saturated carbocycles. The van der Waals surface area contributed by atoms with Gasteiger partial charge in [0.15, 0.2) is 18.7 Å². The van der Waals surface area contributed by atoms with E-state index in [-0.39, 0.29) is 19.4 Å². The Bertz CT molecular complexity index is 1520. The van der Waals surface area contributed by atoms with E-state index in [4.69, 9.17) is 28.4 Å². The average molecular weight is 1050 g/mol. The smallest absolute Gasteiger partial charge is 0.306 e. The maximum Gasteiger partial charge on any atom is 0.306 e. The fourth-order valence-electron chi connectivity index (χ4n) is 8.73. The number of rotatable bonds is 45. The van der Waals surface area contributed by atoms with Crippen molar-refractivity contribution < 1.29 is 73.8 Å². The SMILES string of the molecule is CCCCC/C=C/C/C=C/C/C=C/C/C=C/CCCC(=O)OC[C@H](CO[C@H]1O[C@@H](CO[C@H]2O[C@@H](CO)[C@@H](O)C(O)C2O)[C@@H](O)C(O)C1O)OC(=O)CCCCCCCCCCCCC/C=C/CCCCCCCC. The highest BCUT2D eigenvalue weighted by Gasteiger charge is 2.47. The minimum Gasteiger partial charge on any atom is -0.462 e. The molecular weight excluding hydrogens is 949 g/mol. The van der Waals surface area contributed by atoms with Crippen LogP contribution in [0.5, 0.6) is 0 Å². The second-order valence-corrected chi connectivity index (χ2v) is 20.1. The lowest BCUT2D eigenvalue weighted by Crippen LogP contribution is -2.61. The number of hydrogen-bond acceptors (Lipinski definition) is 15. The zero-order valence-electron chi connectivity index (χ0n) is 45.6. The van der Waals surface area contributed by atoms with Crippen molar-refractivity contribution in [1.82, 2.24) is 0 Å². The van der Waals surface area contributed by atoms with Crippen LogP contribution in [0.15, 0.2) is 60.8 Å². The highest BCUT2D eigenvalue weighted by molar-refractivity contribution is 5.70. The third-order valence-corrected chi connectivity index (χ3v) is 13.5. The maximum atomic E-state index is 13.1. The lowest BCUT2D eigenvalue weighted by atomic mass is 9.98. The molecule has 0 aliphatic carbocycles. The molecular formula is C59H102O15. The second kappa shape index (κ2) is 45.2. The highest BCUT2D eigenvalue weighted by atomic mass is 16.7. The first-order valence-electron chi connectivity index (χ1n) is 28.9. The standard InChI is InChI=1S/C59H102O15/c1-3-5-7-9-11-13-15-17-19-21-22-23-24-26-28-30-32-34-36-38-40-42-51(62)72-47(44-69-50(61)41-39-37-35-33-31-29-27-25-20-18-16-14-12-10-8-6-4-2)45-70-58-57(68)55(66)53(64)49(74-58)46-71-59-56(67)54(65)52(63)48(43-60)73-59/h12,14,17-20,27,29,33,35,47-49,52-60,63-68H,3-11,13,15-16,21-26,28,30-32,34,36-46H2,1-2H3/b14-12+,19-17+,20-18+,29-27+,35-33+/t47-,48+,49+,52-,53-,54?,55?,56?,57?,58+,59+/m1/s1. The Kier molecular flexibility index (Phi) is 41.2. The van der Waals surface area contributed by atoms with Crippen LogP contribution < -0.4 is 0 Å². The lowest BCUT2D eigenvalue weighted by Gasteiger charge is -2.42. The van der Waals surface area contributed by atoms with Crippen LogP contribution in [0.4, 0.5) is 0 Å². The summed E-state index contributed by atoms with van der Waals surface area (Å²) >= 11 is 0. The molecule has 2 heterocycles. The Morgan fingerprint density at radius 2 is 0.824 bits per heavy atom. The number of esters is 2. The number of allylic oxidation sites excluding steroid dienone is 10. The highest BCUT2D eigenvalue weighted by Crippen LogP contribution is 2.26. The third kappa shape index (κ3) is 32.1. The van der Waals surface area contributed by atoms with Gasteiger partial charge in [-0.25, -0.2) is 0 Å². The van der Waals surface area contributed by atoms with Gasteiger partial charge >= 0.3 is 11.9 Å². The van der Waals surface area contributed by atoms with Gasteiger partial charge in [0.2, 0.25) is 0 Å². The fraction of sp³-hybridized carbons (Fsp3) is 0.797. The van der Waals surface area contributed by atoms with Crippen LogP contribution in [0, 0.1) is 0 Å². The number of carbonyl (C=O) groups is 2. The van der Waals surface area contributed by atoms with Crippen LogP contribution in [-0.2, 0) is 38.0 Å². The molecule has 0 radical (unpaired) electrons. The van der Waals surface area contributed by atoms with Gasteiger partial charge in [0.25, 0.3) is 0 Å². The van der Waals surface area contributed by atoms with Crippen molar-refractivity contribution in [2.24, 2.45) is 0 Å². The summed E-state index contributed by atoms with van der Waals surface area (Å²) in [6, 6.07) is 0. The molecule has 0 aromatic carbocycles. The van der Waals surface area contributed by atoms with Crippen LogP contribution in [-0.4, -0.2) is 142 Å². The molecule has 74 heavy (non-hydrogen) atoms. The summed E-state index contributed by atoms with van der Waals surface area (Å²) < 4.78 is 33.6. The van der Waals surface area contributed by atoms with Crippen molar-refractivity contribution in [2.75, 3.05) is 26.4 Å². The molecule has 2 aliphatic rings. The fourth-order valence-corrected chi connectivity index (χ4v) is 8.73. The largest absolute Gasteiger partial charge is 0.462 e. The van der Waals surface area contributed by atoms with E-state index in [9.17, 15) is 45.3 Å². The first-order valence-corrected chi connectivity index (χ1v) is 28.9. The van der Waals surface area contributed by atoms with Gasteiger partial charge in [-0.05, 0) is 77.0 Å². The molecule has 0 spiro atoms. The molecule has 4 unspecified atom stereocenters. The molecule has 428 valence electrons. The number of ether oxygens (including phenoxy) is 6. The lowest BCUT2D eigenvalue weighted by molar-refractivity contribution is -0.332. The van der Waals surface area contributed by atoms with Crippen LogP contribution in [0.2, 0.25) is 0 Å². The minimum atomic E-state index is -1.78. The van der Waals surface area contributed by atoms with E-state index in [0.717, 1.165) is 44.9 Å². The topological polar surface area (TPSA) is 231 Å². The number of aliphatic hydroxyl groups excluding tert-OH is 7. The summed E-state index contributed by atoms with van der Waals surface area (Å²) in [5.74, 6) is -0.989. The van der Waals surface area contributed by atoms with E-state index in [2.05, 4.69) is 68.5 Å². The number of carbonyl (C=O) groups excluding carboxylic acids is 2. The van der Waals surface area contributed by atoms with Crippen molar-refractivity contribution in [3.63, 3.8) is 0 Å². The third-order valence-electron chi connectivity index (χ3n) is 13.5. The Morgan fingerprint density at radius 1 is 0.432 bits per heavy atom. The quantitative estimate of drug-likeness (QED) is 0.0171. The average Bonchev–Trinajstić information content (AvgIpc) is 3.39. The van der Waals surface area contributed by atoms with Gasteiger partial charge in [0.05, 0.1) is 19.8 Å². The van der Waals surface area contributed by atoms with Gasteiger partial charge in [-0.1, -0.05) is 177 Å². The van der Waals surface area contributed by atoms with E-state index < -0.39 is 99.3 Å². The number of aliphatic hydroxyl groups is 7. The molecule has 11 atom stereocenters. The molecule has 2 fully saturated rings. The van der Waals surface area contributed by atoms with E-state index in [1.165, 1.54) is 116 Å². The first-order chi connectivity index (χ1) is 36.0. The van der Waals surface area contributed by atoms with Gasteiger partial charge in [-0.2, -0.15) is 0 Å². The van der Waals surface area contributed by atoms with E-state index in [1.807, 2.05) is 6.08 Å². The summed E-state index contributed by atoms with van der Waals surface area (Å²) in [5.41, 5.74) is 0. The molecule has 7 N–H and O–H groups in total. The summed E-state index contributed by atoms with van der Waals surface area (Å²) in [6.45, 7) is 2.52. The van der Waals surface area contributed by atoms with Crippen molar-refractivity contribution in [3.8, 4) is 0 Å². The van der Waals surface area contributed by atoms with Gasteiger partial charge in [0, 0.05) is 12.8 Å². The molecule has 0 aromatic heterocycles. The van der Waals surface area contributed by atoms with Gasteiger partial charge < -0.3 is 64.2 Å². The molecule has 2 aliphatic heterocycles. The zero-order chi connectivity index (χ0) is 53.9. The van der Waals surface area contributed by atoms with Gasteiger partial charge in [-0.15, -0.1) is 0 Å². The Hall–Kier alpha value is -2.80. The molecule has 0 aromatic rings. The van der Waals surface area contributed by atoms with E-state index >= 15 is 0 Å². The number of hydrogen-bond donors (Lipinski definition) is 7. The summed E-state index contributed by atoms with van der Waals surface area (Å²) in [6.07, 6.45) is 36.7. The molecule has 0 amide bonds. The van der Waals surface area contributed by atoms with Crippen molar-refractivity contribution in [2.45, 2.75) is 274 Å². The molecule has 2 saturated heterocycles. The Balaban J connectivity index is 1.78. The Morgan fingerprint density at radius 3 is 1.35 bits per heavy atom. The van der Waals surface area contributed by atoms with Gasteiger partial charge in [0.1, 0.15) is 55.4 Å². The molecule has 0 bridgehead atoms. The second-order valence-electron chi connectivity index (χ2n) is 20.1. The van der Waals surface area contributed by atoms with Crippen LogP contribution >= 0.6 is 0 Å². The van der Waals surface area contributed by atoms with Crippen LogP contribution in [0.3, 0.4) is 0 Å². The van der Waals surface area contributed by atoms with E-state index in [1.54, 1.807) is 0 Å². The van der Waals surface area contributed by atoms with Crippen molar-refractivity contribution in [1.29, 1.82) is 0 Å². The molecule has 15 heteroatoms. The molecule has 15 nitrogen and oxygen atoms in total. The normalized spacial score (nSPS) is 25.1. The predicted octanol–water partition coefficient (Wildman–Crippen LogP) is 9.61. The van der Waals surface area contributed by atoms with Gasteiger partial charge in [-0.3, -0.25) is 9.59 Å². The maximum absolute atomic E-state index is 13.1. The summed E-state index contributed by atoms with van der Waals surface area (Å²) in [7, 11) is 0. The van der Waals surface area contributed by atoms with Crippen LogP contribution in [0.25, 0.3) is 0 Å². The summed E-state index contributed by atoms with van der Waals surface area (Å²) in [4.78, 5) is 25.9. The first kappa shape index (κ1) is 67.3. The predicted molar refractivity (Wildman–Crippen MR) is 289 cm³/mol. The van der Waals surface area contributed by atoms with Crippen LogP contribution in [0.1, 0.15) is 206 Å².